The molecular formula is C45H46ClF2N5O4. The number of carbonyl (C=O) groups is 1. The molecule has 2 fully saturated rings. The smallest absolute Gasteiger partial charge is 0.220 e. The van der Waals surface area contributed by atoms with Gasteiger partial charge < -0.3 is 29.7 Å². The van der Waals surface area contributed by atoms with Crippen molar-refractivity contribution in [3.8, 4) is 40.5 Å². The fraction of sp³-hybridized carbons (Fsp3) is 0.400. The van der Waals surface area contributed by atoms with Gasteiger partial charge in [-0.15, -0.1) is 0 Å². The second-order valence-electron chi connectivity index (χ2n) is 15.1. The van der Waals surface area contributed by atoms with Crippen molar-refractivity contribution in [1.82, 2.24) is 15.5 Å². The van der Waals surface area contributed by atoms with Crippen LogP contribution in [0.3, 0.4) is 0 Å². The van der Waals surface area contributed by atoms with Gasteiger partial charge in [-0.25, -0.2) is 8.78 Å². The van der Waals surface area contributed by atoms with E-state index in [4.69, 9.17) is 25.8 Å². The Morgan fingerprint density at radius 3 is 2.46 bits per heavy atom. The number of amides is 1. The van der Waals surface area contributed by atoms with Gasteiger partial charge in [-0.05, 0) is 121 Å². The number of alkyl halides is 1. The van der Waals surface area contributed by atoms with Crippen molar-refractivity contribution in [1.29, 1.82) is 10.5 Å². The number of ether oxygens (including phenoxy) is 3. The first-order chi connectivity index (χ1) is 27.7. The van der Waals surface area contributed by atoms with Gasteiger partial charge in [0.15, 0.2) is 0 Å². The zero-order valence-corrected chi connectivity index (χ0v) is 32.8. The molecule has 2 aliphatic heterocycles. The van der Waals surface area contributed by atoms with Crippen LogP contribution in [-0.4, -0.2) is 55.8 Å². The molecule has 9 nitrogen and oxygen atoms in total. The van der Waals surface area contributed by atoms with E-state index in [0.717, 1.165) is 65.2 Å². The highest BCUT2D eigenvalue weighted by atomic mass is 35.5. The number of piperidine rings is 2. The molecule has 0 aromatic heterocycles. The van der Waals surface area contributed by atoms with Crippen LogP contribution in [0.15, 0.2) is 60.7 Å². The largest absolute Gasteiger partial charge is 0.493 e. The van der Waals surface area contributed by atoms with Gasteiger partial charge in [0.1, 0.15) is 41.9 Å². The van der Waals surface area contributed by atoms with Crippen molar-refractivity contribution in [2.24, 2.45) is 0 Å². The number of hydrogen-bond acceptors (Lipinski definition) is 8. The molecule has 2 N–H and O–H groups in total. The molecule has 0 saturated carbocycles. The van der Waals surface area contributed by atoms with E-state index in [1.807, 2.05) is 25.1 Å². The van der Waals surface area contributed by atoms with E-state index in [2.05, 4.69) is 27.7 Å². The number of fused-ring (bicyclic) bond motifs is 1. The van der Waals surface area contributed by atoms with E-state index in [1.54, 1.807) is 36.4 Å². The molecule has 1 aliphatic carbocycles. The summed E-state index contributed by atoms with van der Waals surface area (Å²) in [5.41, 5.74) is 6.54. The van der Waals surface area contributed by atoms with Gasteiger partial charge in [-0.2, -0.15) is 10.5 Å². The number of benzene rings is 4. The average Bonchev–Trinajstić information content (AvgIpc) is 3.62. The minimum Gasteiger partial charge on any atom is -0.493 e. The normalized spacial score (nSPS) is 18.3. The lowest BCUT2D eigenvalue weighted by Gasteiger charge is -2.28. The van der Waals surface area contributed by atoms with E-state index >= 15 is 4.39 Å². The minimum atomic E-state index is -0.689. The number of nitriles is 2. The zero-order valence-electron chi connectivity index (χ0n) is 32.0. The third-order valence-electron chi connectivity index (χ3n) is 11.1. The summed E-state index contributed by atoms with van der Waals surface area (Å²) in [4.78, 5) is 14.0. The molecule has 2 heterocycles. The van der Waals surface area contributed by atoms with Crippen LogP contribution in [0.25, 0.3) is 11.1 Å². The second kappa shape index (κ2) is 18.4. The topological polar surface area (TPSA) is 120 Å². The molecule has 4 aromatic rings. The molecular weight excluding hydrogens is 748 g/mol. The highest BCUT2D eigenvalue weighted by molar-refractivity contribution is 6.32. The van der Waals surface area contributed by atoms with E-state index in [1.165, 1.54) is 6.07 Å². The van der Waals surface area contributed by atoms with Gasteiger partial charge in [0.05, 0.1) is 34.9 Å². The quantitative estimate of drug-likeness (QED) is 0.122. The molecule has 0 unspecified atom stereocenters. The molecule has 2 saturated heterocycles. The molecule has 12 heteroatoms. The third kappa shape index (κ3) is 9.85. The third-order valence-corrected chi connectivity index (χ3v) is 11.4. The summed E-state index contributed by atoms with van der Waals surface area (Å²) in [6.45, 7) is 5.95. The van der Waals surface area contributed by atoms with Crippen LogP contribution >= 0.6 is 11.6 Å². The Kier molecular flexibility index (Phi) is 12.9. The van der Waals surface area contributed by atoms with Crippen LogP contribution in [0, 0.1) is 35.4 Å². The van der Waals surface area contributed by atoms with Crippen LogP contribution in [0.4, 0.5) is 8.78 Å². The van der Waals surface area contributed by atoms with Gasteiger partial charge in [0, 0.05) is 56.8 Å². The highest BCUT2D eigenvalue weighted by Gasteiger charge is 2.30. The van der Waals surface area contributed by atoms with Crippen LogP contribution in [0.5, 0.6) is 17.2 Å². The minimum absolute atomic E-state index is 0.0332. The van der Waals surface area contributed by atoms with Gasteiger partial charge in [0.2, 0.25) is 5.91 Å². The molecule has 2 atom stereocenters. The number of halogens is 3. The first kappa shape index (κ1) is 40.0. The van der Waals surface area contributed by atoms with E-state index < -0.39 is 12.3 Å². The van der Waals surface area contributed by atoms with E-state index in [0.29, 0.717) is 91.4 Å². The summed E-state index contributed by atoms with van der Waals surface area (Å²) in [6.07, 6.45) is 3.29. The van der Waals surface area contributed by atoms with Crippen molar-refractivity contribution in [2.75, 3.05) is 32.8 Å². The summed E-state index contributed by atoms with van der Waals surface area (Å²) >= 11 is 6.90. The number of rotatable bonds is 14. The fourth-order valence-corrected chi connectivity index (χ4v) is 8.23. The summed E-state index contributed by atoms with van der Waals surface area (Å²) in [5, 5.41) is 25.7. The summed E-state index contributed by atoms with van der Waals surface area (Å²) < 4.78 is 48.2. The Bertz CT molecular complexity index is 2150. The molecule has 296 valence electrons. The first-order valence-electron chi connectivity index (χ1n) is 19.6. The standard InChI is InChI=1S/C45H46ClF2N5O4/c1-28-36(4-2-5-41(28)55-15-3-12-53-13-10-33(47)11-14-53)38-20-34(48)21-39-37(38)7-8-42(39)57-44-22-43(56-27-31-17-29(23-49)16-30(18-31)24-50)32(19-40(44)46)25-51-35-6-9-45(54)52-26-35/h2,4-5,16-22,33,35,42,51H,3,6-15,25-27H2,1H3,(H,52,54)/t35-,42-/m0/s1. The van der Waals surface area contributed by atoms with Crippen molar-refractivity contribution in [3.05, 3.63) is 110 Å². The predicted molar refractivity (Wildman–Crippen MR) is 213 cm³/mol. The lowest BCUT2D eigenvalue weighted by Crippen LogP contribution is -2.45. The Morgan fingerprint density at radius 2 is 1.72 bits per heavy atom. The summed E-state index contributed by atoms with van der Waals surface area (Å²) in [5.74, 6) is 1.30. The SMILES string of the molecule is Cc1c(OCCCN2CCC(F)CC2)cccc1-c1cc(F)cc2c1CC[C@@H]2Oc1cc(OCc2cc(C#N)cc(C#N)c2)c(CN[C@H]2CCC(=O)NC2)cc1Cl. The number of nitrogens with zero attached hydrogens (tertiary/aromatic N) is 3. The molecule has 57 heavy (non-hydrogen) atoms. The average molecular weight is 794 g/mol. The van der Waals surface area contributed by atoms with Crippen molar-refractivity contribution >= 4 is 17.5 Å². The van der Waals surface area contributed by atoms with Crippen molar-refractivity contribution in [2.45, 2.75) is 83.3 Å². The first-order valence-corrected chi connectivity index (χ1v) is 20.0. The van der Waals surface area contributed by atoms with Gasteiger partial charge in [-0.1, -0.05) is 23.7 Å². The second-order valence-corrected chi connectivity index (χ2v) is 15.5. The maximum atomic E-state index is 15.5. The Labute approximate surface area is 337 Å². The molecule has 0 radical (unpaired) electrons. The maximum Gasteiger partial charge on any atom is 0.220 e. The Balaban J connectivity index is 1.09. The molecule has 1 amide bonds. The van der Waals surface area contributed by atoms with Crippen LogP contribution < -0.4 is 24.8 Å². The highest BCUT2D eigenvalue weighted by Crippen LogP contribution is 2.44. The van der Waals surface area contributed by atoms with E-state index in [-0.39, 0.29) is 24.4 Å². The van der Waals surface area contributed by atoms with Crippen molar-refractivity contribution in [3.63, 3.8) is 0 Å². The van der Waals surface area contributed by atoms with Crippen LogP contribution in [0.1, 0.15) is 83.6 Å². The lowest BCUT2D eigenvalue weighted by atomic mass is 9.93. The summed E-state index contributed by atoms with van der Waals surface area (Å²) in [7, 11) is 0. The van der Waals surface area contributed by atoms with E-state index in [9.17, 15) is 19.7 Å². The monoisotopic (exact) mass is 793 g/mol. The zero-order chi connectivity index (χ0) is 39.9. The summed E-state index contributed by atoms with van der Waals surface area (Å²) in [6, 6.07) is 21.7. The number of hydrogen-bond donors (Lipinski definition) is 2. The van der Waals surface area contributed by atoms with Gasteiger partial charge in [-0.3, -0.25) is 4.79 Å². The molecule has 0 spiro atoms. The Hall–Kier alpha value is -5.20. The number of carbonyl (C=O) groups excluding carboxylic acids is 1. The maximum absolute atomic E-state index is 15.5. The molecule has 0 bridgehead atoms. The van der Waals surface area contributed by atoms with Gasteiger partial charge >= 0.3 is 0 Å². The molecule has 3 aliphatic rings. The molecule has 4 aromatic carbocycles. The predicted octanol–water partition coefficient (Wildman–Crippen LogP) is 8.41. The van der Waals surface area contributed by atoms with Crippen LogP contribution in [-0.2, 0) is 24.4 Å². The number of nitrogens with one attached hydrogen (secondary N) is 2. The van der Waals surface area contributed by atoms with Gasteiger partial charge in [0.25, 0.3) is 0 Å². The van der Waals surface area contributed by atoms with Crippen molar-refractivity contribution < 1.29 is 27.8 Å². The lowest BCUT2D eigenvalue weighted by molar-refractivity contribution is -0.122. The fourth-order valence-electron chi connectivity index (χ4n) is 7.99. The Morgan fingerprint density at radius 1 is 0.930 bits per heavy atom. The molecule has 7 rings (SSSR count). The van der Waals surface area contributed by atoms with Crippen LogP contribution in [0.2, 0.25) is 5.02 Å². The number of likely N-dealkylation sites (tertiary alicyclic amines) is 1.